The topological polar surface area (TPSA) is 55.4 Å². The van der Waals surface area contributed by atoms with Gasteiger partial charge in [-0.3, -0.25) is 9.59 Å². The van der Waals surface area contributed by atoms with Crippen molar-refractivity contribution in [1.29, 1.82) is 0 Å². The van der Waals surface area contributed by atoms with Crippen LogP contribution in [0.2, 0.25) is 0 Å². The molecule has 0 saturated carbocycles. The number of hydrogen-bond donors (Lipinski definition) is 1. The van der Waals surface area contributed by atoms with E-state index in [0.29, 0.717) is 13.0 Å². The fourth-order valence-corrected chi connectivity index (χ4v) is 1.06. The van der Waals surface area contributed by atoms with Gasteiger partial charge in [0.15, 0.2) is 0 Å². The van der Waals surface area contributed by atoms with Crippen LogP contribution in [-0.2, 0) is 14.3 Å². The first-order chi connectivity index (χ1) is 6.20. The van der Waals surface area contributed by atoms with Crippen LogP contribution >= 0.6 is 11.8 Å². The second kappa shape index (κ2) is 7.91. The Morgan fingerprint density at radius 3 is 2.69 bits per heavy atom. The van der Waals surface area contributed by atoms with Crippen LogP contribution in [0.15, 0.2) is 0 Å². The summed E-state index contributed by atoms with van der Waals surface area (Å²) in [5.74, 6) is 0.275. The molecule has 0 aromatic rings. The van der Waals surface area contributed by atoms with Gasteiger partial charge in [0, 0.05) is 12.2 Å². The lowest BCUT2D eigenvalue weighted by atomic mass is 10.4. The van der Waals surface area contributed by atoms with Crippen molar-refractivity contribution in [2.24, 2.45) is 0 Å². The average Bonchev–Trinajstić information content (AvgIpc) is 2.12. The maximum absolute atomic E-state index is 11.0. The van der Waals surface area contributed by atoms with Crippen LogP contribution in [0.5, 0.6) is 0 Å². The molecule has 0 aromatic carbocycles. The molecule has 0 atom stereocenters. The van der Waals surface area contributed by atoms with Gasteiger partial charge in [0.2, 0.25) is 5.91 Å². The van der Waals surface area contributed by atoms with Crippen LogP contribution in [0, 0.1) is 0 Å². The van der Waals surface area contributed by atoms with E-state index in [4.69, 9.17) is 0 Å². The van der Waals surface area contributed by atoms with Gasteiger partial charge in [-0.05, 0) is 13.2 Å². The van der Waals surface area contributed by atoms with E-state index >= 15 is 0 Å². The molecule has 0 spiro atoms. The van der Waals surface area contributed by atoms with Crippen molar-refractivity contribution in [1.82, 2.24) is 5.32 Å². The van der Waals surface area contributed by atoms with Gasteiger partial charge in [-0.15, -0.1) is 0 Å². The van der Waals surface area contributed by atoms with E-state index in [1.165, 1.54) is 0 Å². The molecule has 0 aromatic heterocycles. The van der Waals surface area contributed by atoms with Gasteiger partial charge in [0.1, 0.15) is 6.54 Å². The minimum atomic E-state index is -0.389. The summed E-state index contributed by atoms with van der Waals surface area (Å²) >= 11 is 1.60. The van der Waals surface area contributed by atoms with Gasteiger partial charge < -0.3 is 10.1 Å². The third-order valence-electron chi connectivity index (χ3n) is 1.27. The molecule has 13 heavy (non-hydrogen) atoms. The predicted molar refractivity (Wildman–Crippen MR) is 52.6 cm³/mol. The quantitative estimate of drug-likeness (QED) is 0.638. The van der Waals surface area contributed by atoms with Crippen molar-refractivity contribution < 1.29 is 14.3 Å². The molecule has 0 fully saturated rings. The van der Waals surface area contributed by atoms with Gasteiger partial charge in [-0.25, -0.2) is 0 Å². The number of thioether (sulfide) groups is 1. The number of ether oxygens (including phenoxy) is 1. The second-order valence-electron chi connectivity index (χ2n) is 2.32. The highest BCUT2D eigenvalue weighted by Crippen LogP contribution is 1.94. The molecule has 0 aliphatic heterocycles. The molecule has 0 aliphatic carbocycles. The lowest BCUT2D eigenvalue weighted by Gasteiger charge is -2.03. The first-order valence-electron chi connectivity index (χ1n) is 4.12. The Bertz CT molecular complexity index is 173. The molecule has 0 radical (unpaired) electrons. The summed E-state index contributed by atoms with van der Waals surface area (Å²) < 4.78 is 4.64. The number of carbonyl (C=O) groups excluding carboxylic acids is 2. The third-order valence-corrected chi connectivity index (χ3v) is 1.88. The fourth-order valence-electron chi connectivity index (χ4n) is 0.666. The van der Waals surface area contributed by atoms with E-state index in [-0.39, 0.29) is 18.4 Å². The Morgan fingerprint density at radius 1 is 1.46 bits per heavy atom. The maximum Gasteiger partial charge on any atom is 0.325 e. The summed E-state index contributed by atoms with van der Waals surface area (Å²) in [7, 11) is 0. The summed E-state index contributed by atoms with van der Waals surface area (Å²) in [6.07, 6.45) is 2.37. The molecule has 0 aliphatic rings. The van der Waals surface area contributed by atoms with Crippen molar-refractivity contribution in [3.05, 3.63) is 0 Å². The smallest absolute Gasteiger partial charge is 0.325 e. The van der Waals surface area contributed by atoms with Crippen LogP contribution in [0.1, 0.15) is 13.3 Å². The molecule has 76 valence electrons. The van der Waals surface area contributed by atoms with Gasteiger partial charge in [0.05, 0.1) is 6.61 Å². The summed E-state index contributed by atoms with van der Waals surface area (Å²) in [4.78, 5) is 21.8. The number of nitrogens with one attached hydrogen (secondary N) is 1. The summed E-state index contributed by atoms with van der Waals surface area (Å²) in [6.45, 7) is 2.05. The van der Waals surface area contributed by atoms with E-state index in [9.17, 15) is 9.59 Å². The zero-order chi connectivity index (χ0) is 10.1. The minimum absolute atomic E-state index is 0.0267. The second-order valence-corrected chi connectivity index (χ2v) is 3.31. The Morgan fingerprint density at radius 2 is 2.15 bits per heavy atom. The summed E-state index contributed by atoms with van der Waals surface area (Å²) in [5.41, 5.74) is 0. The zero-order valence-corrected chi connectivity index (χ0v) is 8.78. The Kier molecular flexibility index (Phi) is 7.48. The molecular weight excluding hydrogens is 190 g/mol. The molecule has 0 saturated heterocycles. The van der Waals surface area contributed by atoms with E-state index in [0.717, 1.165) is 5.75 Å². The molecule has 0 unspecified atom stereocenters. The van der Waals surface area contributed by atoms with Crippen LogP contribution in [0.3, 0.4) is 0 Å². The number of esters is 1. The third kappa shape index (κ3) is 7.64. The van der Waals surface area contributed by atoms with Crippen LogP contribution in [0.4, 0.5) is 0 Å². The molecule has 0 bridgehead atoms. The molecule has 1 amide bonds. The van der Waals surface area contributed by atoms with Crippen molar-refractivity contribution in [2.45, 2.75) is 13.3 Å². The number of carbonyl (C=O) groups is 2. The van der Waals surface area contributed by atoms with Crippen molar-refractivity contribution in [2.75, 3.05) is 25.2 Å². The fraction of sp³-hybridized carbons (Fsp3) is 0.750. The SMILES string of the molecule is CCOC(=O)CNC(=O)CCSC. The monoisotopic (exact) mass is 205 g/mol. The lowest BCUT2D eigenvalue weighted by molar-refractivity contribution is -0.143. The van der Waals surface area contributed by atoms with Gasteiger partial charge in [0.25, 0.3) is 0 Å². The molecular formula is C8H15NO3S. The highest BCUT2D eigenvalue weighted by atomic mass is 32.2. The van der Waals surface area contributed by atoms with Gasteiger partial charge in [-0.1, -0.05) is 0 Å². The largest absolute Gasteiger partial charge is 0.465 e. The average molecular weight is 205 g/mol. The zero-order valence-electron chi connectivity index (χ0n) is 7.96. The molecule has 1 N–H and O–H groups in total. The van der Waals surface area contributed by atoms with Crippen LogP contribution < -0.4 is 5.32 Å². The first-order valence-corrected chi connectivity index (χ1v) is 5.51. The van der Waals surface area contributed by atoms with Gasteiger partial charge in [-0.2, -0.15) is 11.8 Å². The van der Waals surface area contributed by atoms with E-state index < -0.39 is 0 Å². The predicted octanol–water partition coefficient (Wildman–Crippen LogP) is 0.419. The van der Waals surface area contributed by atoms with Crippen molar-refractivity contribution >= 4 is 23.6 Å². The van der Waals surface area contributed by atoms with E-state index in [1.54, 1.807) is 18.7 Å². The lowest BCUT2D eigenvalue weighted by Crippen LogP contribution is -2.30. The molecule has 4 nitrogen and oxygen atoms in total. The Balaban J connectivity index is 3.40. The minimum Gasteiger partial charge on any atom is -0.465 e. The van der Waals surface area contributed by atoms with Crippen LogP contribution in [-0.4, -0.2) is 37.0 Å². The van der Waals surface area contributed by atoms with Crippen LogP contribution in [0.25, 0.3) is 0 Å². The molecule has 0 heterocycles. The highest BCUT2D eigenvalue weighted by Gasteiger charge is 2.04. The number of hydrogen-bond acceptors (Lipinski definition) is 4. The molecule has 5 heteroatoms. The molecule has 0 rings (SSSR count). The highest BCUT2D eigenvalue weighted by molar-refractivity contribution is 7.98. The Hall–Kier alpha value is -0.710. The number of amides is 1. The van der Waals surface area contributed by atoms with Gasteiger partial charge >= 0.3 is 5.97 Å². The van der Waals surface area contributed by atoms with E-state index in [2.05, 4.69) is 10.1 Å². The Labute approximate surface area is 82.4 Å². The summed E-state index contributed by atoms with van der Waals surface area (Å²) in [6, 6.07) is 0. The normalized spacial score (nSPS) is 9.38. The maximum atomic E-state index is 11.0. The first kappa shape index (κ1) is 12.3. The van der Waals surface area contributed by atoms with E-state index in [1.807, 2.05) is 6.26 Å². The van der Waals surface area contributed by atoms with Crippen molar-refractivity contribution in [3.8, 4) is 0 Å². The van der Waals surface area contributed by atoms with Crippen molar-refractivity contribution in [3.63, 3.8) is 0 Å². The summed E-state index contributed by atoms with van der Waals surface area (Å²) in [5, 5.41) is 2.48. The standard InChI is InChI=1S/C8H15NO3S/c1-3-12-8(11)6-9-7(10)4-5-13-2/h3-6H2,1-2H3,(H,9,10). The number of rotatable bonds is 6.